The van der Waals surface area contributed by atoms with Gasteiger partial charge in [-0.3, -0.25) is 14.4 Å². The molecule has 2 rings (SSSR count). The van der Waals surface area contributed by atoms with E-state index in [1.54, 1.807) is 24.3 Å². The van der Waals surface area contributed by atoms with Gasteiger partial charge in [0.25, 0.3) is 11.5 Å². The molecule has 0 spiro atoms. The van der Waals surface area contributed by atoms with Gasteiger partial charge in [0.2, 0.25) is 0 Å². The van der Waals surface area contributed by atoms with E-state index in [1.807, 2.05) is 6.92 Å². The standard InChI is InChI=1S/C15H17N3O4/c1-2-7-16-13(19)9-22-14(20)8-12-10-5-3-4-6-11(10)15(21)18-17-12/h3-6H,2,7-9H2,1H3,(H,16,19)(H,18,21). The molecular weight excluding hydrogens is 286 g/mol. The number of hydrogen-bond acceptors (Lipinski definition) is 5. The van der Waals surface area contributed by atoms with Crippen molar-refractivity contribution in [1.29, 1.82) is 0 Å². The smallest absolute Gasteiger partial charge is 0.312 e. The highest BCUT2D eigenvalue weighted by Gasteiger charge is 2.13. The van der Waals surface area contributed by atoms with Crippen molar-refractivity contribution in [3.05, 3.63) is 40.3 Å². The Morgan fingerprint density at radius 1 is 1.27 bits per heavy atom. The maximum atomic E-state index is 11.8. The van der Waals surface area contributed by atoms with Gasteiger partial charge in [-0.25, -0.2) is 5.10 Å². The van der Waals surface area contributed by atoms with Crippen LogP contribution in [0.25, 0.3) is 10.8 Å². The minimum Gasteiger partial charge on any atom is -0.455 e. The number of esters is 1. The molecule has 7 nitrogen and oxygen atoms in total. The Kier molecular flexibility index (Phi) is 5.24. The lowest BCUT2D eigenvalue weighted by molar-refractivity contribution is -0.147. The third-order valence-electron chi connectivity index (χ3n) is 3.02. The number of carbonyl (C=O) groups excluding carboxylic acids is 2. The Morgan fingerprint density at radius 3 is 2.73 bits per heavy atom. The summed E-state index contributed by atoms with van der Waals surface area (Å²) in [5.41, 5.74) is 0.0980. The lowest BCUT2D eigenvalue weighted by atomic mass is 10.1. The summed E-state index contributed by atoms with van der Waals surface area (Å²) in [5, 5.41) is 9.90. The Morgan fingerprint density at radius 2 is 2.00 bits per heavy atom. The van der Waals surface area contributed by atoms with Crippen molar-refractivity contribution in [1.82, 2.24) is 15.5 Å². The number of benzene rings is 1. The van der Waals surface area contributed by atoms with Gasteiger partial charge in [-0.2, -0.15) is 5.10 Å². The molecule has 0 aliphatic rings. The fourth-order valence-electron chi connectivity index (χ4n) is 1.96. The highest BCUT2D eigenvalue weighted by atomic mass is 16.5. The number of amides is 1. The third kappa shape index (κ3) is 3.91. The molecule has 1 aromatic carbocycles. The molecule has 0 aliphatic carbocycles. The molecular formula is C15H17N3O4. The second-order valence-electron chi connectivity index (χ2n) is 4.73. The lowest BCUT2D eigenvalue weighted by Gasteiger charge is -2.06. The van der Waals surface area contributed by atoms with Crippen LogP contribution < -0.4 is 10.9 Å². The average molecular weight is 303 g/mol. The minimum absolute atomic E-state index is 0.113. The van der Waals surface area contributed by atoms with Crippen molar-refractivity contribution in [3.8, 4) is 0 Å². The highest BCUT2D eigenvalue weighted by Crippen LogP contribution is 2.13. The van der Waals surface area contributed by atoms with Crippen molar-refractivity contribution in [2.75, 3.05) is 13.2 Å². The number of nitrogens with zero attached hydrogens (tertiary/aromatic N) is 1. The van der Waals surface area contributed by atoms with Crippen molar-refractivity contribution < 1.29 is 14.3 Å². The van der Waals surface area contributed by atoms with Crippen molar-refractivity contribution in [2.24, 2.45) is 0 Å². The largest absolute Gasteiger partial charge is 0.455 e. The molecule has 0 atom stereocenters. The number of fused-ring (bicyclic) bond motifs is 1. The van der Waals surface area contributed by atoms with E-state index in [4.69, 9.17) is 4.74 Å². The van der Waals surface area contributed by atoms with Crippen LogP contribution in [-0.4, -0.2) is 35.2 Å². The highest BCUT2D eigenvalue weighted by molar-refractivity contribution is 5.87. The number of nitrogens with one attached hydrogen (secondary N) is 2. The van der Waals surface area contributed by atoms with Gasteiger partial charge in [0, 0.05) is 11.9 Å². The summed E-state index contributed by atoms with van der Waals surface area (Å²) in [6.07, 6.45) is 0.700. The number of aromatic nitrogens is 2. The molecule has 0 unspecified atom stereocenters. The quantitative estimate of drug-likeness (QED) is 0.758. The van der Waals surface area contributed by atoms with E-state index in [0.29, 0.717) is 23.0 Å². The van der Waals surface area contributed by atoms with Gasteiger partial charge in [0.15, 0.2) is 6.61 Å². The van der Waals surface area contributed by atoms with E-state index < -0.39 is 5.97 Å². The Labute approximate surface area is 126 Å². The van der Waals surface area contributed by atoms with E-state index in [-0.39, 0.29) is 24.5 Å². The van der Waals surface area contributed by atoms with E-state index in [2.05, 4.69) is 15.5 Å². The van der Waals surface area contributed by atoms with Crippen LogP contribution in [0.3, 0.4) is 0 Å². The molecule has 0 saturated carbocycles. The third-order valence-corrected chi connectivity index (χ3v) is 3.02. The van der Waals surface area contributed by atoms with Crippen LogP contribution in [0.15, 0.2) is 29.1 Å². The fraction of sp³-hybridized carbons (Fsp3) is 0.333. The molecule has 1 heterocycles. The molecule has 1 amide bonds. The molecule has 7 heteroatoms. The summed E-state index contributed by atoms with van der Waals surface area (Å²) in [6, 6.07) is 6.87. The zero-order valence-corrected chi connectivity index (χ0v) is 12.2. The Balaban J connectivity index is 2.02. The monoisotopic (exact) mass is 303 g/mol. The number of carbonyl (C=O) groups is 2. The van der Waals surface area contributed by atoms with Gasteiger partial charge >= 0.3 is 5.97 Å². The first-order chi connectivity index (χ1) is 10.6. The SMILES string of the molecule is CCCNC(=O)COC(=O)Cc1n[nH]c(=O)c2ccccc12. The van der Waals surface area contributed by atoms with Crippen molar-refractivity contribution in [2.45, 2.75) is 19.8 Å². The summed E-state index contributed by atoms with van der Waals surface area (Å²) in [4.78, 5) is 34.8. The van der Waals surface area contributed by atoms with Crippen LogP contribution in [0.1, 0.15) is 19.0 Å². The fourth-order valence-corrected chi connectivity index (χ4v) is 1.96. The van der Waals surface area contributed by atoms with Gasteiger partial charge in [-0.15, -0.1) is 0 Å². The molecule has 1 aromatic heterocycles. The van der Waals surface area contributed by atoms with Crippen LogP contribution in [0.2, 0.25) is 0 Å². The first-order valence-electron chi connectivity index (χ1n) is 7.00. The van der Waals surface area contributed by atoms with Crippen LogP contribution >= 0.6 is 0 Å². The molecule has 2 aromatic rings. The summed E-state index contributed by atoms with van der Waals surface area (Å²) in [5.74, 6) is -0.911. The summed E-state index contributed by atoms with van der Waals surface area (Å²) in [7, 11) is 0. The maximum Gasteiger partial charge on any atom is 0.312 e. The predicted molar refractivity (Wildman–Crippen MR) is 80.3 cm³/mol. The van der Waals surface area contributed by atoms with Gasteiger partial charge in [-0.05, 0) is 12.5 Å². The van der Waals surface area contributed by atoms with E-state index in [0.717, 1.165) is 6.42 Å². The van der Waals surface area contributed by atoms with Crippen LogP contribution in [0, 0.1) is 0 Å². The van der Waals surface area contributed by atoms with Crippen molar-refractivity contribution in [3.63, 3.8) is 0 Å². The Bertz CT molecular complexity index is 739. The predicted octanol–water partition coefficient (Wildman–Crippen LogP) is 0.535. The van der Waals surface area contributed by atoms with E-state index in [9.17, 15) is 14.4 Å². The topological polar surface area (TPSA) is 101 Å². The number of hydrogen-bond donors (Lipinski definition) is 2. The Hall–Kier alpha value is -2.70. The summed E-state index contributed by atoms with van der Waals surface area (Å²) >= 11 is 0. The van der Waals surface area contributed by atoms with Gasteiger partial charge in [0.1, 0.15) is 0 Å². The number of rotatable bonds is 6. The van der Waals surface area contributed by atoms with Gasteiger partial charge < -0.3 is 10.1 Å². The molecule has 0 bridgehead atoms. The second-order valence-corrected chi connectivity index (χ2v) is 4.73. The van der Waals surface area contributed by atoms with Crippen LogP contribution in [0.4, 0.5) is 0 Å². The van der Waals surface area contributed by atoms with Crippen molar-refractivity contribution >= 4 is 22.6 Å². The molecule has 22 heavy (non-hydrogen) atoms. The molecule has 116 valence electrons. The number of ether oxygens (including phenoxy) is 1. The molecule has 0 aliphatic heterocycles. The number of aromatic amines is 1. The summed E-state index contributed by atoms with van der Waals surface area (Å²) < 4.78 is 4.90. The molecule has 0 saturated heterocycles. The molecule has 0 radical (unpaired) electrons. The lowest BCUT2D eigenvalue weighted by Crippen LogP contribution is -2.29. The first kappa shape index (κ1) is 15.7. The molecule has 0 fully saturated rings. The van der Waals surface area contributed by atoms with E-state index in [1.165, 1.54) is 0 Å². The summed E-state index contributed by atoms with van der Waals surface area (Å²) in [6.45, 7) is 2.15. The zero-order chi connectivity index (χ0) is 15.9. The van der Waals surface area contributed by atoms with Gasteiger partial charge in [-0.1, -0.05) is 25.1 Å². The second kappa shape index (κ2) is 7.35. The van der Waals surface area contributed by atoms with E-state index >= 15 is 0 Å². The zero-order valence-electron chi connectivity index (χ0n) is 12.2. The average Bonchev–Trinajstić information content (AvgIpc) is 2.54. The maximum absolute atomic E-state index is 11.8. The number of H-pyrrole nitrogens is 1. The van der Waals surface area contributed by atoms with Gasteiger partial charge in [0.05, 0.1) is 17.5 Å². The minimum atomic E-state index is -0.573. The van der Waals surface area contributed by atoms with Crippen LogP contribution in [0.5, 0.6) is 0 Å². The van der Waals surface area contributed by atoms with Crippen LogP contribution in [-0.2, 0) is 20.7 Å². The first-order valence-corrected chi connectivity index (χ1v) is 7.00. The molecule has 2 N–H and O–H groups in total. The normalized spacial score (nSPS) is 10.4.